The number of piperazine rings is 1. The number of methoxy groups -OCH3 is 1. The number of fused-ring (bicyclic) bond motifs is 2. The van der Waals surface area contributed by atoms with E-state index in [0.717, 1.165) is 56.0 Å². The van der Waals surface area contributed by atoms with Crippen LogP contribution in [0, 0.1) is 0 Å². The van der Waals surface area contributed by atoms with Crippen LogP contribution in [0.2, 0.25) is 0 Å². The van der Waals surface area contributed by atoms with E-state index in [2.05, 4.69) is 17.0 Å². The van der Waals surface area contributed by atoms with Crippen molar-refractivity contribution in [1.29, 1.82) is 0 Å². The van der Waals surface area contributed by atoms with E-state index in [1.165, 1.54) is 10.6 Å². The molecule has 0 unspecified atom stereocenters. The fraction of sp³-hybridized carbons (Fsp3) is 0.458. The van der Waals surface area contributed by atoms with Crippen LogP contribution in [-0.2, 0) is 20.1 Å². The summed E-state index contributed by atoms with van der Waals surface area (Å²) in [5.41, 5.74) is 2.97. The third-order valence-corrected chi connectivity index (χ3v) is 6.52. The molecular formula is C24H30N3O4+. The molecule has 7 nitrogen and oxygen atoms in total. The topological polar surface area (TPSA) is 55.7 Å². The van der Waals surface area contributed by atoms with Crippen LogP contribution < -0.4 is 19.4 Å². The van der Waals surface area contributed by atoms with Crippen molar-refractivity contribution in [2.75, 3.05) is 63.0 Å². The van der Waals surface area contributed by atoms with Crippen molar-refractivity contribution < 1.29 is 23.9 Å². The molecule has 3 aliphatic heterocycles. The van der Waals surface area contributed by atoms with Gasteiger partial charge in [0.25, 0.3) is 11.7 Å². The molecule has 0 aliphatic carbocycles. The summed E-state index contributed by atoms with van der Waals surface area (Å²) >= 11 is 0. The van der Waals surface area contributed by atoms with Gasteiger partial charge < -0.3 is 24.0 Å². The minimum atomic E-state index is -1.27. The number of carbonyl (C=O) groups excluding carboxylic acids is 1. The maximum Gasteiger partial charge on any atom is 0.296 e. The van der Waals surface area contributed by atoms with Gasteiger partial charge in [-0.25, -0.2) is 0 Å². The Bertz CT molecular complexity index is 917. The average molecular weight is 425 g/mol. The number of rotatable bonds is 4. The molecule has 7 heteroatoms. The van der Waals surface area contributed by atoms with Crippen LogP contribution >= 0.6 is 0 Å². The zero-order valence-corrected chi connectivity index (χ0v) is 18.0. The van der Waals surface area contributed by atoms with E-state index >= 15 is 0 Å². The van der Waals surface area contributed by atoms with Crippen molar-refractivity contribution in [2.24, 2.45) is 0 Å². The number of amides is 1. The van der Waals surface area contributed by atoms with E-state index in [9.17, 15) is 4.79 Å². The molecule has 0 aromatic heterocycles. The predicted molar refractivity (Wildman–Crippen MR) is 118 cm³/mol. The highest BCUT2D eigenvalue weighted by atomic mass is 16.7. The summed E-state index contributed by atoms with van der Waals surface area (Å²) in [5.74, 6) is -0.478. The molecule has 1 amide bonds. The van der Waals surface area contributed by atoms with Crippen LogP contribution in [0.5, 0.6) is 5.75 Å². The van der Waals surface area contributed by atoms with Gasteiger partial charge in [0.15, 0.2) is 6.67 Å². The van der Waals surface area contributed by atoms with Gasteiger partial charge in [0, 0.05) is 11.3 Å². The van der Waals surface area contributed by atoms with E-state index in [4.69, 9.17) is 14.2 Å². The maximum atomic E-state index is 13.6. The molecule has 1 spiro atoms. The number of anilines is 2. The number of ether oxygens (including phenoxy) is 3. The number of para-hydroxylation sites is 1. The second-order valence-electron chi connectivity index (χ2n) is 8.36. The van der Waals surface area contributed by atoms with Crippen molar-refractivity contribution in [3.05, 3.63) is 54.1 Å². The highest BCUT2D eigenvalue weighted by Gasteiger charge is 2.55. The molecule has 5 rings (SSSR count). The summed E-state index contributed by atoms with van der Waals surface area (Å²) in [6, 6.07) is 16.1. The lowest BCUT2D eigenvalue weighted by Crippen LogP contribution is -3.16. The molecule has 3 aliphatic rings. The smallest absolute Gasteiger partial charge is 0.296 e. The van der Waals surface area contributed by atoms with E-state index in [-0.39, 0.29) is 5.91 Å². The molecule has 164 valence electrons. The van der Waals surface area contributed by atoms with Crippen molar-refractivity contribution in [3.63, 3.8) is 0 Å². The number of hydrogen-bond acceptors (Lipinski definition) is 5. The van der Waals surface area contributed by atoms with Gasteiger partial charge in [0.1, 0.15) is 5.75 Å². The fourth-order valence-electron chi connectivity index (χ4n) is 4.76. The van der Waals surface area contributed by atoms with Gasteiger partial charge in [-0.15, -0.1) is 0 Å². The molecule has 1 N–H and O–H groups in total. The SMILES string of the molecule is COc1ccc(N2CC[NH+](CN3C(=O)C4(OCCCCO4)c4ccccc43)CC2)cc1. The molecular weight excluding hydrogens is 394 g/mol. The van der Waals surface area contributed by atoms with Crippen molar-refractivity contribution in [2.45, 2.75) is 18.6 Å². The van der Waals surface area contributed by atoms with E-state index in [1.807, 2.05) is 41.3 Å². The number of nitrogens with one attached hydrogen (secondary N) is 1. The van der Waals surface area contributed by atoms with Gasteiger partial charge in [-0.05, 0) is 43.2 Å². The molecule has 0 saturated carbocycles. The Balaban J connectivity index is 1.29. The zero-order chi connectivity index (χ0) is 21.3. The van der Waals surface area contributed by atoms with E-state index in [1.54, 1.807) is 7.11 Å². The fourth-order valence-corrected chi connectivity index (χ4v) is 4.76. The normalized spacial score (nSPS) is 21.3. The van der Waals surface area contributed by atoms with Crippen LogP contribution in [0.1, 0.15) is 18.4 Å². The van der Waals surface area contributed by atoms with Crippen molar-refractivity contribution in [1.82, 2.24) is 0 Å². The monoisotopic (exact) mass is 424 g/mol. The second-order valence-corrected chi connectivity index (χ2v) is 8.36. The molecule has 2 saturated heterocycles. The second kappa shape index (κ2) is 8.49. The summed E-state index contributed by atoms with van der Waals surface area (Å²) in [5, 5.41) is 0. The summed E-state index contributed by atoms with van der Waals surface area (Å²) in [4.78, 5) is 19.2. The molecule has 0 radical (unpaired) electrons. The summed E-state index contributed by atoms with van der Waals surface area (Å²) in [6.45, 7) is 5.54. The molecule has 2 fully saturated rings. The molecule has 2 aromatic carbocycles. The van der Waals surface area contributed by atoms with Crippen molar-refractivity contribution >= 4 is 17.3 Å². The van der Waals surface area contributed by atoms with Crippen LogP contribution in [-0.4, -0.2) is 59.1 Å². The third kappa shape index (κ3) is 3.67. The summed E-state index contributed by atoms with van der Waals surface area (Å²) in [7, 11) is 1.68. The van der Waals surface area contributed by atoms with Crippen LogP contribution in [0.3, 0.4) is 0 Å². The standard InChI is InChI=1S/C24H29N3O4/c1-29-20-10-8-19(9-11-20)26-14-12-25(13-15-26)18-27-22-7-3-2-6-21(22)24(23(27)28)30-16-4-5-17-31-24/h2-3,6-11H,4-5,12-18H2,1H3/p+1. The molecule has 0 bridgehead atoms. The minimum absolute atomic E-state index is 0.0827. The highest BCUT2D eigenvalue weighted by Crippen LogP contribution is 2.44. The minimum Gasteiger partial charge on any atom is -0.497 e. The predicted octanol–water partition coefficient (Wildman–Crippen LogP) is 1.38. The number of nitrogens with zero attached hydrogens (tertiary/aromatic N) is 2. The number of quaternary nitrogens is 1. The number of hydrogen-bond donors (Lipinski definition) is 1. The largest absolute Gasteiger partial charge is 0.497 e. The first-order valence-electron chi connectivity index (χ1n) is 11.1. The van der Waals surface area contributed by atoms with Gasteiger partial charge >= 0.3 is 0 Å². The van der Waals surface area contributed by atoms with Crippen molar-refractivity contribution in [3.8, 4) is 5.75 Å². The summed E-state index contributed by atoms with van der Waals surface area (Å²) in [6.07, 6.45) is 1.82. The Morgan fingerprint density at radius 1 is 1.00 bits per heavy atom. The maximum absolute atomic E-state index is 13.6. The lowest BCUT2D eigenvalue weighted by atomic mass is 10.1. The average Bonchev–Trinajstić information content (AvgIpc) is 2.98. The van der Waals surface area contributed by atoms with Crippen LogP contribution in [0.25, 0.3) is 0 Å². The Morgan fingerprint density at radius 2 is 1.68 bits per heavy atom. The quantitative estimate of drug-likeness (QED) is 0.804. The first-order chi connectivity index (χ1) is 15.2. The Labute approximate surface area is 183 Å². The molecule has 31 heavy (non-hydrogen) atoms. The van der Waals surface area contributed by atoms with Crippen LogP contribution in [0.15, 0.2) is 48.5 Å². The van der Waals surface area contributed by atoms with Gasteiger partial charge in [0.05, 0.1) is 52.2 Å². The van der Waals surface area contributed by atoms with Crippen LogP contribution in [0.4, 0.5) is 11.4 Å². The van der Waals surface area contributed by atoms with E-state index in [0.29, 0.717) is 19.9 Å². The first kappa shape index (κ1) is 20.3. The number of carbonyl (C=O) groups is 1. The third-order valence-electron chi connectivity index (χ3n) is 6.52. The van der Waals surface area contributed by atoms with E-state index < -0.39 is 5.79 Å². The Morgan fingerprint density at radius 3 is 2.35 bits per heavy atom. The zero-order valence-electron chi connectivity index (χ0n) is 18.0. The summed E-state index contributed by atoms with van der Waals surface area (Å²) < 4.78 is 17.4. The highest BCUT2D eigenvalue weighted by molar-refractivity contribution is 6.05. The molecule has 2 aromatic rings. The molecule has 0 atom stereocenters. The first-order valence-corrected chi connectivity index (χ1v) is 11.1. The van der Waals surface area contributed by atoms with Gasteiger partial charge in [-0.2, -0.15) is 0 Å². The Kier molecular flexibility index (Phi) is 5.56. The lowest BCUT2D eigenvalue weighted by Gasteiger charge is -2.35. The Hall–Kier alpha value is -2.61. The van der Waals surface area contributed by atoms with Gasteiger partial charge in [0.2, 0.25) is 0 Å². The van der Waals surface area contributed by atoms with Gasteiger partial charge in [-0.3, -0.25) is 9.69 Å². The lowest BCUT2D eigenvalue weighted by molar-refractivity contribution is -0.899. The molecule has 3 heterocycles. The number of benzene rings is 2. The van der Waals surface area contributed by atoms with Gasteiger partial charge in [-0.1, -0.05) is 18.2 Å².